The lowest BCUT2D eigenvalue weighted by molar-refractivity contribution is 0.0903. The van der Waals surface area contributed by atoms with Gasteiger partial charge in [-0.15, -0.1) is 0 Å². The van der Waals surface area contributed by atoms with Crippen LogP contribution >= 0.6 is 0 Å². The van der Waals surface area contributed by atoms with E-state index in [1.165, 1.54) is 6.07 Å². The van der Waals surface area contributed by atoms with Crippen LogP contribution in [0.4, 0.5) is 4.39 Å². The van der Waals surface area contributed by atoms with Gasteiger partial charge >= 0.3 is 0 Å². The van der Waals surface area contributed by atoms with Crippen molar-refractivity contribution in [1.29, 1.82) is 0 Å². The molecule has 1 aromatic carbocycles. The second kappa shape index (κ2) is 3.32. The SMILES string of the molecule is O=C(CO)c1ccc(F)c(O)c1. The number of ketones is 1. The highest BCUT2D eigenvalue weighted by Crippen LogP contribution is 2.16. The van der Waals surface area contributed by atoms with E-state index < -0.39 is 24.0 Å². The number of benzene rings is 1. The van der Waals surface area contributed by atoms with Crippen molar-refractivity contribution in [3.8, 4) is 5.75 Å². The number of rotatable bonds is 2. The van der Waals surface area contributed by atoms with Gasteiger partial charge in [-0.2, -0.15) is 0 Å². The van der Waals surface area contributed by atoms with E-state index in [2.05, 4.69) is 0 Å². The van der Waals surface area contributed by atoms with E-state index in [1.54, 1.807) is 0 Å². The highest BCUT2D eigenvalue weighted by molar-refractivity contribution is 5.97. The fraction of sp³-hybridized carbons (Fsp3) is 0.125. The zero-order valence-corrected chi connectivity index (χ0v) is 6.12. The molecular formula is C8H7FO3. The smallest absolute Gasteiger partial charge is 0.188 e. The largest absolute Gasteiger partial charge is 0.505 e. The van der Waals surface area contributed by atoms with Crippen LogP contribution in [-0.2, 0) is 0 Å². The molecule has 0 fully saturated rings. The molecule has 0 heterocycles. The zero-order chi connectivity index (χ0) is 9.14. The van der Waals surface area contributed by atoms with Crippen molar-refractivity contribution in [2.75, 3.05) is 6.61 Å². The maximum Gasteiger partial charge on any atom is 0.188 e. The maximum atomic E-state index is 12.4. The van der Waals surface area contributed by atoms with Crippen molar-refractivity contribution in [3.05, 3.63) is 29.6 Å². The molecule has 0 saturated carbocycles. The van der Waals surface area contributed by atoms with Gasteiger partial charge in [0.25, 0.3) is 0 Å². The summed E-state index contributed by atoms with van der Waals surface area (Å²) in [6.45, 7) is -0.648. The molecule has 4 heteroatoms. The third-order valence-electron chi connectivity index (χ3n) is 1.41. The summed E-state index contributed by atoms with van der Waals surface area (Å²) in [7, 11) is 0. The lowest BCUT2D eigenvalue weighted by Gasteiger charge is -1.98. The van der Waals surface area contributed by atoms with Crippen LogP contribution in [-0.4, -0.2) is 22.6 Å². The topological polar surface area (TPSA) is 57.5 Å². The molecule has 64 valence electrons. The molecular weight excluding hydrogens is 163 g/mol. The minimum atomic E-state index is -0.788. The van der Waals surface area contributed by atoms with Crippen LogP contribution in [0.2, 0.25) is 0 Å². The standard InChI is InChI=1S/C8H7FO3/c9-6-2-1-5(3-7(6)11)8(12)4-10/h1-3,10-11H,4H2. The fourth-order valence-corrected chi connectivity index (χ4v) is 0.777. The molecule has 0 bridgehead atoms. The summed E-state index contributed by atoms with van der Waals surface area (Å²) in [6, 6.07) is 3.15. The second-order valence-corrected chi connectivity index (χ2v) is 2.25. The summed E-state index contributed by atoms with van der Waals surface area (Å²) in [5, 5.41) is 17.3. The minimum Gasteiger partial charge on any atom is -0.505 e. The summed E-state index contributed by atoms with van der Waals surface area (Å²) >= 11 is 0. The lowest BCUT2D eigenvalue weighted by Crippen LogP contribution is -2.03. The number of phenols is 1. The summed E-state index contributed by atoms with van der Waals surface area (Å²) in [5.41, 5.74) is 0.0939. The maximum absolute atomic E-state index is 12.4. The molecule has 0 saturated heterocycles. The Morgan fingerprint density at radius 2 is 2.17 bits per heavy atom. The van der Waals surface area contributed by atoms with Gasteiger partial charge in [0, 0.05) is 5.56 Å². The Morgan fingerprint density at radius 1 is 1.50 bits per heavy atom. The van der Waals surface area contributed by atoms with Crippen molar-refractivity contribution >= 4 is 5.78 Å². The van der Waals surface area contributed by atoms with Crippen LogP contribution in [0.3, 0.4) is 0 Å². The molecule has 0 atom stereocenters. The molecule has 0 amide bonds. The molecule has 0 aromatic heterocycles. The summed E-state index contributed by atoms with van der Waals surface area (Å²) < 4.78 is 12.4. The molecule has 0 aliphatic heterocycles. The first-order chi connectivity index (χ1) is 5.65. The summed E-state index contributed by atoms with van der Waals surface area (Å²) in [4.78, 5) is 10.8. The molecule has 0 unspecified atom stereocenters. The van der Waals surface area contributed by atoms with Crippen LogP contribution in [0.1, 0.15) is 10.4 Å². The van der Waals surface area contributed by atoms with E-state index in [1.807, 2.05) is 0 Å². The van der Waals surface area contributed by atoms with E-state index in [4.69, 9.17) is 10.2 Å². The summed E-state index contributed by atoms with van der Waals surface area (Å²) in [6.07, 6.45) is 0. The van der Waals surface area contributed by atoms with Gasteiger partial charge in [0.2, 0.25) is 0 Å². The van der Waals surface area contributed by atoms with E-state index >= 15 is 0 Å². The first-order valence-corrected chi connectivity index (χ1v) is 3.27. The van der Waals surface area contributed by atoms with Crippen molar-refractivity contribution in [3.63, 3.8) is 0 Å². The highest BCUT2D eigenvalue weighted by atomic mass is 19.1. The van der Waals surface area contributed by atoms with E-state index in [9.17, 15) is 9.18 Å². The lowest BCUT2D eigenvalue weighted by atomic mass is 10.1. The van der Waals surface area contributed by atoms with Crippen molar-refractivity contribution in [2.24, 2.45) is 0 Å². The molecule has 12 heavy (non-hydrogen) atoms. The molecule has 0 aliphatic carbocycles. The Morgan fingerprint density at radius 3 is 2.67 bits per heavy atom. The number of aliphatic hydroxyl groups excluding tert-OH is 1. The zero-order valence-electron chi connectivity index (χ0n) is 6.12. The Balaban J connectivity index is 3.05. The van der Waals surface area contributed by atoms with Gasteiger partial charge < -0.3 is 10.2 Å². The first-order valence-electron chi connectivity index (χ1n) is 3.27. The van der Waals surface area contributed by atoms with Gasteiger partial charge in [0.1, 0.15) is 6.61 Å². The van der Waals surface area contributed by atoms with Gasteiger partial charge in [-0.05, 0) is 18.2 Å². The molecule has 1 aromatic rings. The van der Waals surface area contributed by atoms with Crippen LogP contribution in [0.5, 0.6) is 5.75 Å². The highest BCUT2D eigenvalue weighted by Gasteiger charge is 2.07. The van der Waals surface area contributed by atoms with Gasteiger partial charge in [-0.1, -0.05) is 0 Å². The van der Waals surface area contributed by atoms with Gasteiger partial charge in [-0.25, -0.2) is 4.39 Å². The Labute approximate surface area is 68.1 Å². The molecule has 0 aliphatic rings. The molecule has 3 nitrogen and oxygen atoms in total. The number of Topliss-reactive ketones (excluding diaryl/α,β-unsaturated/α-hetero) is 1. The molecule has 2 N–H and O–H groups in total. The number of halogens is 1. The second-order valence-electron chi connectivity index (χ2n) is 2.25. The van der Waals surface area contributed by atoms with E-state index in [0.29, 0.717) is 0 Å². The number of aliphatic hydroxyl groups is 1. The molecule has 0 radical (unpaired) electrons. The van der Waals surface area contributed by atoms with Gasteiger partial charge in [0.05, 0.1) is 0 Å². The average Bonchev–Trinajstić information content (AvgIpc) is 2.08. The Bertz CT molecular complexity index is 309. The quantitative estimate of drug-likeness (QED) is 0.642. The van der Waals surface area contributed by atoms with Crippen molar-refractivity contribution in [1.82, 2.24) is 0 Å². The normalized spacial score (nSPS) is 9.83. The number of hydrogen-bond acceptors (Lipinski definition) is 3. The van der Waals surface area contributed by atoms with Crippen LogP contribution in [0, 0.1) is 5.82 Å². The van der Waals surface area contributed by atoms with Crippen LogP contribution < -0.4 is 0 Å². The number of hydrogen-bond donors (Lipinski definition) is 2. The fourth-order valence-electron chi connectivity index (χ4n) is 0.777. The molecule has 1 rings (SSSR count). The van der Waals surface area contributed by atoms with Crippen LogP contribution in [0.25, 0.3) is 0 Å². The third-order valence-corrected chi connectivity index (χ3v) is 1.41. The Hall–Kier alpha value is -1.42. The van der Waals surface area contributed by atoms with Gasteiger partial charge in [0.15, 0.2) is 17.3 Å². The predicted octanol–water partition coefficient (Wildman–Crippen LogP) is 0.706. The number of phenolic OH excluding ortho intramolecular Hbond substituents is 1. The summed E-state index contributed by atoms with van der Waals surface area (Å²) in [5.74, 6) is -1.93. The number of carbonyl (C=O) groups excluding carboxylic acids is 1. The predicted molar refractivity (Wildman–Crippen MR) is 39.5 cm³/mol. The van der Waals surface area contributed by atoms with Gasteiger partial charge in [-0.3, -0.25) is 4.79 Å². The molecule has 0 spiro atoms. The van der Waals surface area contributed by atoms with E-state index in [0.717, 1.165) is 12.1 Å². The monoisotopic (exact) mass is 170 g/mol. The minimum absolute atomic E-state index is 0.0939. The number of carbonyl (C=O) groups is 1. The van der Waals surface area contributed by atoms with Crippen molar-refractivity contribution in [2.45, 2.75) is 0 Å². The third kappa shape index (κ3) is 1.60. The Kier molecular flexibility index (Phi) is 2.40. The van der Waals surface area contributed by atoms with Crippen molar-refractivity contribution < 1.29 is 19.4 Å². The average molecular weight is 170 g/mol. The van der Waals surface area contributed by atoms with E-state index in [-0.39, 0.29) is 5.56 Å². The first kappa shape index (κ1) is 8.67. The van der Waals surface area contributed by atoms with Crippen LogP contribution in [0.15, 0.2) is 18.2 Å². The number of aromatic hydroxyl groups is 1.